The van der Waals surface area contributed by atoms with Gasteiger partial charge in [-0.05, 0) is 11.1 Å². The van der Waals surface area contributed by atoms with Gasteiger partial charge in [0.05, 0.1) is 30.7 Å². The molecule has 1 N–H and O–H groups in total. The van der Waals surface area contributed by atoms with Crippen LogP contribution in [0.4, 0.5) is 0 Å². The topological polar surface area (TPSA) is 63.9 Å². The predicted molar refractivity (Wildman–Crippen MR) is 115 cm³/mol. The molecule has 0 radical (unpaired) electrons. The third kappa shape index (κ3) is 2.95. The number of aromatic amines is 1. The lowest BCUT2D eigenvalue weighted by Crippen LogP contribution is -2.11. The maximum atomic E-state index is 13.5. The van der Waals surface area contributed by atoms with Gasteiger partial charge in [0.1, 0.15) is 17.6 Å². The second-order valence-electron chi connectivity index (χ2n) is 7.23. The van der Waals surface area contributed by atoms with E-state index < -0.39 is 6.10 Å². The molecule has 0 spiro atoms. The summed E-state index contributed by atoms with van der Waals surface area (Å²) in [6, 6.07) is 21.6. The molecule has 1 saturated heterocycles. The first kappa shape index (κ1) is 18.5. The highest BCUT2D eigenvalue weighted by molar-refractivity contribution is 6.16. The van der Waals surface area contributed by atoms with Crippen molar-refractivity contribution < 1.29 is 19.0 Å². The fraction of sp³-hybridized carbons (Fsp3) is 0.160. The maximum absolute atomic E-state index is 13.5. The van der Waals surface area contributed by atoms with Crippen LogP contribution < -0.4 is 9.47 Å². The lowest BCUT2D eigenvalue weighted by molar-refractivity contribution is 0.0952. The Balaban J connectivity index is 1.63. The van der Waals surface area contributed by atoms with Gasteiger partial charge in [-0.1, -0.05) is 60.7 Å². The molecular weight excluding hydrogens is 378 g/mol. The van der Waals surface area contributed by atoms with Crippen LogP contribution in [0.25, 0.3) is 22.0 Å². The van der Waals surface area contributed by atoms with Crippen molar-refractivity contribution in [3.8, 4) is 22.6 Å². The predicted octanol–water partition coefficient (Wildman–Crippen LogP) is 5.17. The Morgan fingerprint density at radius 3 is 2.27 bits per heavy atom. The van der Waals surface area contributed by atoms with Crippen molar-refractivity contribution in [1.82, 2.24) is 4.98 Å². The number of fused-ring (bicyclic) bond motifs is 1. The van der Waals surface area contributed by atoms with Gasteiger partial charge in [-0.15, -0.1) is 0 Å². The van der Waals surface area contributed by atoms with Gasteiger partial charge in [0, 0.05) is 17.8 Å². The van der Waals surface area contributed by atoms with Gasteiger partial charge in [0.2, 0.25) is 0 Å². The second kappa shape index (κ2) is 7.35. The molecule has 1 aliphatic heterocycles. The number of nitrogens with one attached hydrogen (secondary N) is 1. The summed E-state index contributed by atoms with van der Waals surface area (Å²) in [4.78, 5) is 16.8. The number of hydrogen-bond donors (Lipinski definition) is 1. The van der Waals surface area contributed by atoms with Crippen molar-refractivity contribution in [2.75, 3.05) is 14.2 Å². The van der Waals surface area contributed by atoms with E-state index in [-0.39, 0.29) is 11.9 Å². The Morgan fingerprint density at radius 2 is 1.60 bits per heavy atom. The molecule has 1 aliphatic rings. The maximum Gasteiger partial charge on any atom is 0.200 e. The minimum Gasteiger partial charge on any atom is -0.496 e. The van der Waals surface area contributed by atoms with Crippen LogP contribution in [0.5, 0.6) is 11.5 Å². The molecule has 5 heteroatoms. The molecule has 0 amide bonds. The first-order valence-electron chi connectivity index (χ1n) is 9.79. The van der Waals surface area contributed by atoms with E-state index in [1.54, 1.807) is 20.3 Å². The molecule has 2 atom stereocenters. The molecule has 4 aromatic rings. The molecule has 1 aromatic heterocycles. The molecule has 150 valence electrons. The lowest BCUT2D eigenvalue weighted by Gasteiger charge is -2.13. The highest BCUT2D eigenvalue weighted by Gasteiger charge is 2.47. The average molecular weight is 399 g/mol. The summed E-state index contributed by atoms with van der Waals surface area (Å²) in [6.45, 7) is 0. The van der Waals surface area contributed by atoms with Gasteiger partial charge in [0.15, 0.2) is 11.9 Å². The number of aromatic nitrogens is 1. The summed E-state index contributed by atoms with van der Waals surface area (Å²) in [7, 11) is 3.17. The third-order valence-electron chi connectivity index (χ3n) is 5.53. The van der Waals surface area contributed by atoms with Crippen LogP contribution in [0.15, 0.2) is 72.9 Å². The second-order valence-corrected chi connectivity index (χ2v) is 7.23. The number of methoxy groups -OCH3 is 2. The van der Waals surface area contributed by atoms with Crippen LogP contribution in [0.1, 0.15) is 22.0 Å². The molecular formula is C25H21NO4. The first-order valence-corrected chi connectivity index (χ1v) is 9.79. The molecule has 2 heterocycles. The van der Waals surface area contributed by atoms with Crippen molar-refractivity contribution >= 4 is 16.7 Å². The molecule has 1 fully saturated rings. The summed E-state index contributed by atoms with van der Waals surface area (Å²) in [5.41, 5.74) is 4.18. The van der Waals surface area contributed by atoms with Gasteiger partial charge >= 0.3 is 0 Å². The van der Waals surface area contributed by atoms with E-state index in [0.717, 1.165) is 22.1 Å². The van der Waals surface area contributed by atoms with E-state index in [4.69, 9.17) is 14.2 Å². The number of hydrogen-bond acceptors (Lipinski definition) is 4. The molecule has 30 heavy (non-hydrogen) atoms. The number of H-pyrrole nitrogens is 1. The van der Waals surface area contributed by atoms with Crippen LogP contribution in [0.2, 0.25) is 0 Å². The van der Waals surface area contributed by atoms with Gasteiger partial charge in [0.25, 0.3) is 0 Å². The summed E-state index contributed by atoms with van der Waals surface area (Å²) >= 11 is 0. The number of ether oxygens (including phenoxy) is 3. The van der Waals surface area contributed by atoms with Crippen LogP contribution in [-0.4, -0.2) is 31.1 Å². The average Bonchev–Trinajstić information content (AvgIpc) is 3.50. The van der Waals surface area contributed by atoms with Crippen molar-refractivity contribution in [3.05, 3.63) is 84.1 Å². The number of ketones is 1. The summed E-state index contributed by atoms with van der Waals surface area (Å²) in [6.07, 6.45) is 1.15. The molecule has 2 unspecified atom stereocenters. The fourth-order valence-corrected chi connectivity index (χ4v) is 4.03. The number of Topliss-reactive ketones (excluding diaryl/α,β-unsaturated/α-hetero) is 1. The SMILES string of the molecule is COc1cc(OC)c2c(-c3ccccc3)c[nH]c2c1C(=O)C1OC1c1ccccc1. The van der Waals surface area contributed by atoms with E-state index in [9.17, 15) is 4.79 Å². The number of benzene rings is 3. The first-order chi connectivity index (χ1) is 14.7. The number of carbonyl (C=O) groups excluding carboxylic acids is 1. The van der Waals surface area contributed by atoms with Gasteiger partial charge in [-0.3, -0.25) is 4.79 Å². The molecule has 3 aromatic carbocycles. The Labute approximate surface area is 174 Å². The quantitative estimate of drug-likeness (QED) is 0.359. The van der Waals surface area contributed by atoms with Gasteiger partial charge in [-0.2, -0.15) is 0 Å². The highest BCUT2D eigenvalue weighted by Crippen LogP contribution is 2.46. The zero-order valence-electron chi connectivity index (χ0n) is 16.7. The molecule has 0 saturated carbocycles. The van der Waals surface area contributed by atoms with Crippen molar-refractivity contribution in [2.24, 2.45) is 0 Å². The normalized spacial score (nSPS) is 17.7. The highest BCUT2D eigenvalue weighted by atomic mass is 16.6. The zero-order valence-corrected chi connectivity index (χ0v) is 16.7. The zero-order chi connectivity index (χ0) is 20.7. The largest absolute Gasteiger partial charge is 0.496 e. The van der Waals surface area contributed by atoms with Crippen molar-refractivity contribution in [1.29, 1.82) is 0 Å². The van der Waals surface area contributed by atoms with E-state index in [2.05, 4.69) is 4.98 Å². The third-order valence-corrected chi connectivity index (χ3v) is 5.53. The Kier molecular flexibility index (Phi) is 4.52. The number of carbonyl (C=O) groups is 1. The van der Waals surface area contributed by atoms with E-state index in [1.807, 2.05) is 66.9 Å². The lowest BCUT2D eigenvalue weighted by atomic mass is 9.97. The van der Waals surface area contributed by atoms with Crippen molar-refractivity contribution in [2.45, 2.75) is 12.2 Å². The minimum absolute atomic E-state index is 0.102. The summed E-state index contributed by atoms with van der Waals surface area (Å²) < 4.78 is 17.0. The van der Waals surface area contributed by atoms with Crippen LogP contribution in [0, 0.1) is 0 Å². The van der Waals surface area contributed by atoms with Crippen LogP contribution in [0.3, 0.4) is 0 Å². The molecule has 0 aliphatic carbocycles. The Morgan fingerprint density at radius 1 is 0.933 bits per heavy atom. The van der Waals surface area contributed by atoms with Crippen LogP contribution >= 0.6 is 0 Å². The molecule has 5 rings (SSSR count). The number of epoxide rings is 1. The molecule has 0 bridgehead atoms. The van der Waals surface area contributed by atoms with E-state index in [1.165, 1.54) is 0 Å². The smallest absolute Gasteiger partial charge is 0.200 e. The van der Waals surface area contributed by atoms with Crippen molar-refractivity contribution in [3.63, 3.8) is 0 Å². The van der Waals surface area contributed by atoms with Gasteiger partial charge < -0.3 is 19.2 Å². The van der Waals surface area contributed by atoms with Gasteiger partial charge in [-0.25, -0.2) is 0 Å². The minimum atomic E-state index is -0.527. The standard InChI is InChI=1S/C25H21NO4/c1-28-18-13-19(29-2)21(23(27)25-24(30-25)16-11-7-4-8-12-16)22-20(18)17(14-26-22)15-9-5-3-6-10-15/h3-14,24-26H,1-2H3. The summed E-state index contributed by atoms with van der Waals surface area (Å²) in [5.74, 6) is 1.01. The monoisotopic (exact) mass is 399 g/mol. The Hall–Kier alpha value is -3.57. The van der Waals surface area contributed by atoms with E-state index >= 15 is 0 Å². The van der Waals surface area contributed by atoms with Crippen LogP contribution in [-0.2, 0) is 4.74 Å². The molecule has 5 nitrogen and oxygen atoms in total. The fourth-order valence-electron chi connectivity index (χ4n) is 4.03. The summed E-state index contributed by atoms with van der Waals surface area (Å²) in [5, 5.41) is 0.852. The van der Waals surface area contributed by atoms with E-state index in [0.29, 0.717) is 22.6 Å². The Bertz CT molecular complexity index is 1210. The number of rotatable bonds is 6.